The van der Waals surface area contributed by atoms with Crippen molar-refractivity contribution < 1.29 is 4.39 Å². The fourth-order valence-electron chi connectivity index (χ4n) is 3.20. The van der Waals surface area contributed by atoms with Crippen molar-refractivity contribution in [3.63, 3.8) is 0 Å². The highest BCUT2D eigenvalue weighted by Crippen LogP contribution is 2.17. The molecule has 0 saturated carbocycles. The molecule has 3 aromatic rings. The maximum absolute atomic E-state index is 13.0. The minimum Gasteiger partial charge on any atom is -0.339 e. The minimum atomic E-state index is -0.270. The van der Waals surface area contributed by atoms with Crippen LogP contribution in [-0.2, 0) is 0 Å². The molecule has 4 rings (SSSR count). The first kappa shape index (κ1) is 19.0. The van der Waals surface area contributed by atoms with Gasteiger partial charge in [0, 0.05) is 38.4 Å². The highest BCUT2D eigenvalue weighted by molar-refractivity contribution is 5.56. The van der Waals surface area contributed by atoms with Crippen molar-refractivity contribution in [3.05, 3.63) is 78.3 Å². The molecule has 0 radical (unpaired) electrons. The van der Waals surface area contributed by atoms with Gasteiger partial charge in [0.1, 0.15) is 5.82 Å². The first-order valence-electron chi connectivity index (χ1n) is 9.67. The number of nitrogens with one attached hydrogen (secondary N) is 1. The Balaban J connectivity index is 1.30. The van der Waals surface area contributed by atoms with E-state index in [-0.39, 0.29) is 5.82 Å². The van der Waals surface area contributed by atoms with Crippen LogP contribution in [-0.4, -0.2) is 52.8 Å². The van der Waals surface area contributed by atoms with E-state index in [2.05, 4.69) is 54.6 Å². The minimum absolute atomic E-state index is 0.270. The summed E-state index contributed by atoms with van der Waals surface area (Å²) in [5, 5.41) is 11.4. The van der Waals surface area contributed by atoms with Crippen LogP contribution in [0.2, 0.25) is 0 Å². The highest BCUT2D eigenvalue weighted by atomic mass is 19.1. The molecule has 2 heterocycles. The van der Waals surface area contributed by atoms with Gasteiger partial charge in [-0.25, -0.2) is 4.39 Å². The largest absolute Gasteiger partial charge is 0.339 e. The first-order valence-corrected chi connectivity index (χ1v) is 9.67. The Kier molecular flexibility index (Phi) is 6.07. The van der Waals surface area contributed by atoms with E-state index in [1.54, 1.807) is 18.3 Å². The van der Waals surface area contributed by atoms with Crippen LogP contribution in [0.4, 0.5) is 21.8 Å². The van der Waals surface area contributed by atoms with Crippen molar-refractivity contribution in [3.8, 4) is 0 Å². The summed E-state index contributed by atoms with van der Waals surface area (Å²) in [4.78, 5) is 9.10. The molecule has 2 aromatic carbocycles. The van der Waals surface area contributed by atoms with E-state index in [1.807, 2.05) is 18.2 Å². The van der Waals surface area contributed by atoms with Crippen molar-refractivity contribution in [2.75, 3.05) is 42.9 Å². The number of hydrogen-bond donors (Lipinski definition) is 1. The van der Waals surface area contributed by atoms with E-state index in [9.17, 15) is 4.39 Å². The number of hydrogen-bond acceptors (Lipinski definition) is 6. The van der Waals surface area contributed by atoms with Crippen molar-refractivity contribution >= 4 is 23.5 Å². The monoisotopic (exact) mass is 390 g/mol. The maximum Gasteiger partial charge on any atom is 0.247 e. The molecule has 6 nitrogen and oxygen atoms in total. The van der Waals surface area contributed by atoms with E-state index in [1.165, 1.54) is 17.7 Å². The lowest BCUT2D eigenvalue weighted by Crippen LogP contribution is -2.47. The van der Waals surface area contributed by atoms with Crippen LogP contribution in [0.15, 0.2) is 66.9 Å². The molecule has 0 amide bonds. The summed E-state index contributed by atoms with van der Waals surface area (Å²) < 4.78 is 13.0. The molecule has 1 N–H and O–H groups in total. The van der Waals surface area contributed by atoms with Gasteiger partial charge in [-0.1, -0.05) is 42.5 Å². The average molecular weight is 390 g/mol. The molecule has 7 heteroatoms. The smallest absolute Gasteiger partial charge is 0.247 e. The molecule has 1 aromatic heterocycles. The van der Waals surface area contributed by atoms with Crippen molar-refractivity contribution in [2.45, 2.75) is 0 Å². The molecule has 29 heavy (non-hydrogen) atoms. The second-order valence-corrected chi connectivity index (χ2v) is 6.87. The lowest BCUT2D eigenvalue weighted by Gasteiger charge is -2.33. The Morgan fingerprint density at radius 3 is 2.48 bits per heavy atom. The summed E-state index contributed by atoms with van der Waals surface area (Å²) in [5.41, 5.74) is 1.98. The molecular formula is C22H23FN6. The highest BCUT2D eigenvalue weighted by Gasteiger charge is 2.18. The van der Waals surface area contributed by atoms with Crippen LogP contribution in [0.3, 0.4) is 0 Å². The van der Waals surface area contributed by atoms with Crippen molar-refractivity contribution in [1.82, 2.24) is 20.1 Å². The first-order chi connectivity index (χ1) is 14.3. The van der Waals surface area contributed by atoms with Gasteiger partial charge in [-0.2, -0.15) is 10.1 Å². The van der Waals surface area contributed by atoms with E-state index in [0.717, 1.165) is 38.4 Å². The Morgan fingerprint density at radius 1 is 0.966 bits per heavy atom. The zero-order valence-corrected chi connectivity index (χ0v) is 16.1. The lowest BCUT2D eigenvalue weighted by molar-refractivity contribution is 0.282. The van der Waals surface area contributed by atoms with Crippen LogP contribution in [0, 0.1) is 5.82 Å². The number of nitrogens with zero attached hydrogens (tertiary/aromatic N) is 5. The van der Waals surface area contributed by atoms with Gasteiger partial charge in [0.25, 0.3) is 0 Å². The van der Waals surface area contributed by atoms with Crippen molar-refractivity contribution in [1.29, 1.82) is 0 Å². The summed E-state index contributed by atoms with van der Waals surface area (Å²) >= 11 is 0. The molecule has 0 aliphatic carbocycles. The normalized spacial score (nSPS) is 15.0. The Morgan fingerprint density at radius 2 is 1.72 bits per heavy atom. The topological polar surface area (TPSA) is 57.2 Å². The van der Waals surface area contributed by atoms with Gasteiger partial charge in [0.2, 0.25) is 5.95 Å². The van der Waals surface area contributed by atoms with Crippen LogP contribution >= 0.6 is 0 Å². The summed E-state index contributed by atoms with van der Waals surface area (Å²) in [6.45, 7) is 4.51. The zero-order chi connectivity index (χ0) is 19.9. The Labute approximate surface area is 169 Å². The van der Waals surface area contributed by atoms with Gasteiger partial charge in [0.05, 0.1) is 6.20 Å². The molecule has 0 spiro atoms. The average Bonchev–Trinajstić information content (AvgIpc) is 2.77. The fourth-order valence-corrected chi connectivity index (χ4v) is 3.20. The van der Waals surface area contributed by atoms with E-state index in [0.29, 0.717) is 11.8 Å². The maximum atomic E-state index is 13.0. The van der Waals surface area contributed by atoms with Crippen molar-refractivity contribution in [2.24, 2.45) is 0 Å². The number of anilines is 3. The number of piperazine rings is 1. The van der Waals surface area contributed by atoms with Crippen LogP contribution < -0.4 is 10.2 Å². The molecule has 1 saturated heterocycles. The lowest BCUT2D eigenvalue weighted by atomic mass is 10.2. The third-order valence-electron chi connectivity index (χ3n) is 4.79. The zero-order valence-electron chi connectivity index (χ0n) is 16.1. The second kappa shape index (κ2) is 9.25. The van der Waals surface area contributed by atoms with Crippen LogP contribution in [0.5, 0.6) is 0 Å². The van der Waals surface area contributed by atoms with Gasteiger partial charge in [-0.05, 0) is 29.8 Å². The molecule has 0 unspecified atom stereocenters. The second-order valence-electron chi connectivity index (χ2n) is 6.87. The predicted octanol–water partition coefficient (Wildman–Crippen LogP) is 3.59. The SMILES string of the molecule is Fc1ccc(Nc2cnnc(N3CCN(C/C=C/c4ccccc4)CC3)n2)cc1. The molecule has 1 aliphatic heterocycles. The molecule has 1 fully saturated rings. The van der Waals surface area contributed by atoms with E-state index >= 15 is 0 Å². The third kappa shape index (κ3) is 5.36. The van der Waals surface area contributed by atoms with Gasteiger partial charge in [-0.3, -0.25) is 4.90 Å². The standard InChI is InChI=1S/C22H23FN6/c23-19-8-10-20(11-9-19)25-21-17-24-27-22(26-21)29-15-13-28(14-16-29)12-4-7-18-5-2-1-3-6-18/h1-11,17H,12-16H2,(H,25,26,27)/b7-4+. The summed E-state index contributed by atoms with van der Waals surface area (Å²) in [5.74, 6) is 0.931. The van der Waals surface area contributed by atoms with Crippen LogP contribution in [0.25, 0.3) is 6.08 Å². The molecular weight excluding hydrogens is 367 g/mol. The third-order valence-corrected chi connectivity index (χ3v) is 4.79. The number of aromatic nitrogens is 3. The molecule has 1 aliphatic rings. The molecule has 0 atom stereocenters. The van der Waals surface area contributed by atoms with E-state index < -0.39 is 0 Å². The summed E-state index contributed by atoms with van der Waals surface area (Å²) in [7, 11) is 0. The summed E-state index contributed by atoms with van der Waals surface area (Å²) in [6, 6.07) is 16.5. The number of rotatable bonds is 6. The summed E-state index contributed by atoms with van der Waals surface area (Å²) in [6.07, 6.45) is 5.93. The predicted molar refractivity (Wildman–Crippen MR) is 114 cm³/mol. The number of halogens is 1. The van der Waals surface area contributed by atoms with Gasteiger partial charge < -0.3 is 10.2 Å². The van der Waals surface area contributed by atoms with Gasteiger partial charge in [0.15, 0.2) is 5.82 Å². The van der Waals surface area contributed by atoms with Gasteiger partial charge >= 0.3 is 0 Å². The molecule has 148 valence electrons. The van der Waals surface area contributed by atoms with Gasteiger partial charge in [-0.15, -0.1) is 5.10 Å². The number of benzene rings is 2. The molecule has 0 bridgehead atoms. The fraction of sp³-hybridized carbons (Fsp3) is 0.227. The quantitative estimate of drug-likeness (QED) is 0.694. The van der Waals surface area contributed by atoms with Crippen LogP contribution in [0.1, 0.15) is 5.56 Å². The Bertz CT molecular complexity index is 937. The Hall–Kier alpha value is -3.32. The van der Waals surface area contributed by atoms with E-state index in [4.69, 9.17) is 0 Å².